The summed E-state index contributed by atoms with van der Waals surface area (Å²) >= 11 is 4.78. The lowest BCUT2D eigenvalue weighted by Gasteiger charge is -2.23. The number of nitrogens with two attached hydrogens (primary N) is 1. The average molecular weight is 306 g/mol. The summed E-state index contributed by atoms with van der Waals surface area (Å²) in [6.07, 6.45) is 0.421. The number of carboxylic acid groups (broad SMARTS) is 1. The van der Waals surface area contributed by atoms with Crippen molar-refractivity contribution in [2.24, 2.45) is 5.73 Å². The lowest BCUT2D eigenvalue weighted by atomic mass is 10.1. The molecule has 2 atom stereocenters. The van der Waals surface area contributed by atoms with Crippen LogP contribution in [-0.2, 0) is 6.42 Å². The van der Waals surface area contributed by atoms with Gasteiger partial charge in [0.15, 0.2) is 3.92 Å². The maximum absolute atomic E-state index is 11.0. The van der Waals surface area contributed by atoms with Crippen LogP contribution in [0.2, 0.25) is 0 Å². The fraction of sp³-hybridized carbons (Fsp3) is 0.556. The van der Waals surface area contributed by atoms with E-state index >= 15 is 0 Å². The van der Waals surface area contributed by atoms with Gasteiger partial charge in [-0.05, 0) is 22.4 Å². The Labute approximate surface area is 105 Å². The number of halogens is 1. The summed E-state index contributed by atoms with van der Waals surface area (Å²) in [5.41, 5.74) is 6.81. The molecular weight excluding hydrogens is 294 g/mol. The van der Waals surface area contributed by atoms with Gasteiger partial charge in [0.1, 0.15) is 0 Å². The summed E-state index contributed by atoms with van der Waals surface area (Å²) in [6.45, 7) is 0.520. The first-order valence-electron chi connectivity index (χ1n) is 4.93. The van der Waals surface area contributed by atoms with Gasteiger partial charge in [-0.3, -0.25) is 0 Å². The number of thiazole rings is 1. The average Bonchev–Trinajstić information content (AvgIpc) is 2.76. The zero-order valence-corrected chi connectivity index (χ0v) is 10.9. The molecule has 1 aromatic rings. The summed E-state index contributed by atoms with van der Waals surface area (Å²) < 4.78 is 0.816. The smallest absolute Gasteiger partial charge is 0.407 e. The molecule has 1 saturated heterocycles. The van der Waals surface area contributed by atoms with Crippen LogP contribution < -0.4 is 5.73 Å². The van der Waals surface area contributed by atoms with Gasteiger partial charge >= 0.3 is 6.09 Å². The molecule has 0 spiro atoms. The molecule has 0 bridgehead atoms. The molecule has 2 rings (SSSR count). The molecule has 0 aromatic carbocycles. The van der Waals surface area contributed by atoms with E-state index in [1.807, 2.05) is 5.38 Å². The Balaban J connectivity index is 2.09. The van der Waals surface area contributed by atoms with Crippen molar-refractivity contribution in [3.63, 3.8) is 0 Å². The molecule has 88 valence electrons. The van der Waals surface area contributed by atoms with Crippen molar-refractivity contribution in [1.29, 1.82) is 0 Å². The van der Waals surface area contributed by atoms with E-state index in [1.165, 1.54) is 16.2 Å². The van der Waals surface area contributed by atoms with Gasteiger partial charge in [0.25, 0.3) is 0 Å². The zero-order valence-electron chi connectivity index (χ0n) is 8.47. The van der Waals surface area contributed by atoms with Crippen LogP contribution in [0.1, 0.15) is 12.1 Å². The van der Waals surface area contributed by atoms with Crippen molar-refractivity contribution in [2.45, 2.75) is 24.9 Å². The molecule has 0 aliphatic carbocycles. The summed E-state index contributed by atoms with van der Waals surface area (Å²) in [5.74, 6) is 0. The van der Waals surface area contributed by atoms with Crippen molar-refractivity contribution < 1.29 is 9.90 Å². The van der Waals surface area contributed by atoms with Crippen LogP contribution in [0.15, 0.2) is 9.30 Å². The van der Waals surface area contributed by atoms with Gasteiger partial charge in [0.2, 0.25) is 0 Å². The summed E-state index contributed by atoms with van der Waals surface area (Å²) in [5, 5.41) is 11.0. The molecule has 1 amide bonds. The first kappa shape index (κ1) is 11.8. The minimum absolute atomic E-state index is 0.0865. The number of hydrogen-bond donors (Lipinski definition) is 2. The number of nitrogens with zero attached hydrogens (tertiary/aromatic N) is 2. The van der Waals surface area contributed by atoms with E-state index in [4.69, 9.17) is 10.8 Å². The van der Waals surface area contributed by atoms with E-state index in [-0.39, 0.29) is 12.1 Å². The Bertz CT molecular complexity index is 398. The molecule has 1 aromatic heterocycles. The van der Waals surface area contributed by atoms with Gasteiger partial charge in [0, 0.05) is 24.4 Å². The monoisotopic (exact) mass is 305 g/mol. The van der Waals surface area contributed by atoms with Crippen molar-refractivity contribution in [2.75, 3.05) is 6.54 Å². The largest absolute Gasteiger partial charge is 0.465 e. The number of amides is 1. The van der Waals surface area contributed by atoms with Crippen LogP contribution in [0.3, 0.4) is 0 Å². The highest BCUT2D eigenvalue weighted by atomic mass is 79.9. The number of likely N-dealkylation sites (tertiary alicyclic amines) is 1. The Hall–Kier alpha value is -0.660. The Morgan fingerprint density at radius 2 is 2.56 bits per heavy atom. The summed E-state index contributed by atoms with van der Waals surface area (Å²) in [6, 6.07) is -0.233. The van der Waals surface area contributed by atoms with Gasteiger partial charge in [0.05, 0.1) is 11.7 Å². The second-order valence-corrected chi connectivity index (χ2v) is 5.93. The van der Waals surface area contributed by atoms with Crippen LogP contribution in [0.5, 0.6) is 0 Å². The van der Waals surface area contributed by atoms with Crippen LogP contribution in [0.25, 0.3) is 0 Å². The van der Waals surface area contributed by atoms with E-state index in [2.05, 4.69) is 20.9 Å². The second kappa shape index (κ2) is 4.68. The maximum atomic E-state index is 11.0. The predicted octanol–water partition coefficient (Wildman–Crippen LogP) is 1.53. The highest BCUT2D eigenvalue weighted by molar-refractivity contribution is 9.11. The Kier molecular flexibility index (Phi) is 3.46. The highest BCUT2D eigenvalue weighted by Gasteiger charge is 2.35. The quantitative estimate of drug-likeness (QED) is 0.868. The van der Waals surface area contributed by atoms with Gasteiger partial charge < -0.3 is 15.7 Å². The number of aromatic nitrogens is 1. The lowest BCUT2D eigenvalue weighted by molar-refractivity contribution is 0.138. The van der Waals surface area contributed by atoms with Crippen LogP contribution in [0, 0.1) is 0 Å². The second-order valence-electron chi connectivity index (χ2n) is 3.79. The van der Waals surface area contributed by atoms with Crippen molar-refractivity contribution in [3.05, 3.63) is 15.0 Å². The van der Waals surface area contributed by atoms with E-state index < -0.39 is 6.09 Å². The molecule has 7 heteroatoms. The van der Waals surface area contributed by atoms with Crippen LogP contribution >= 0.6 is 27.3 Å². The molecule has 5 nitrogen and oxygen atoms in total. The summed E-state index contributed by atoms with van der Waals surface area (Å²) in [4.78, 5) is 16.7. The molecule has 2 heterocycles. The number of hydrogen-bond acceptors (Lipinski definition) is 4. The van der Waals surface area contributed by atoms with Crippen LogP contribution in [0.4, 0.5) is 4.79 Å². The Morgan fingerprint density at radius 3 is 3.12 bits per heavy atom. The van der Waals surface area contributed by atoms with Crippen molar-refractivity contribution in [1.82, 2.24) is 9.88 Å². The van der Waals surface area contributed by atoms with E-state index in [0.29, 0.717) is 13.0 Å². The first-order chi connectivity index (χ1) is 7.58. The minimum atomic E-state index is -0.896. The fourth-order valence-electron chi connectivity index (χ4n) is 1.97. The molecule has 0 unspecified atom stereocenters. The van der Waals surface area contributed by atoms with E-state index in [9.17, 15) is 4.79 Å². The third-order valence-corrected chi connectivity index (χ3v) is 4.20. The number of carbonyl (C=O) groups is 1. The summed E-state index contributed by atoms with van der Waals surface area (Å²) in [7, 11) is 0. The standard InChI is InChI=1S/C9H12BrN3O2S/c10-8-12-5(4-16-8)3-7-6(11)1-2-13(7)9(14)15/h4,6-7H,1-3,11H2,(H,14,15)/t6-,7-/m1/s1. The highest BCUT2D eigenvalue weighted by Crippen LogP contribution is 2.23. The SMILES string of the molecule is N[C@@H]1CCN(C(=O)O)[C@@H]1Cc1csc(Br)n1. The lowest BCUT2D eigenvalue weighted by Crippen LogP contribution is -2.43. The molecule has 3 N–H and O–H groups in total. The fourth-order valence-corrected chi connectivity index (χ4v) is 3.03. The van der Waals surface area contributed by atoms with Gasteiger partial charge in [-0.15, -0.1) is 11.3 Å². The normalized spacial score (nSPS) is 25.0. The zero-order chi connectivity index (χ0) is 11.7. The maximum Gasteiger partial charge on any atom is 0.407 e. The third-order valence-electron chi connectivity index (χ3n) is 2.79. The van der Waals surface area contributed by atoms with E-state index in [0.717, 1.165) is 16.0 Å². The molecule has 0 radical (unpaired) electrons. The van der Waals surface area contributed by atoms with Gasteiger partial charge in [-0.1, -0.05) is 0 Å². The van der Waals surface area contributed by atoms with Crippen LogP contribution in [-0.4, -0.2) is 39.7 Å². The van der Waals surface area contributed by atoms with E-state index in [1.54, 1.807) is 0 Å². The Morgan fingerprint density at radius 1 is 1.81 bits per heavy atom. The molecule has 16 heavy (non-hydrogen) atoms. The van der Waals surface area contributed by atoms with Gasteiger partial charge in [-0.2, -0.15) is 0 Å². The predicted molar refractivity (Wildman–Crippen MR) is 64.6 cm³/mol. The molecule has 1 fully saturated rings. The number of rotatable bonds is 2. The minimum Gasteiger partial charge on any atom is -0.465 e. The van der Waals surface area contributed by atoms with Gasteiger partial charge in [-0.25, -0.2) is 9.78 Å². The van der Waals surface area contributed by atoms with Crippen molar-refractivity contribution in [3.8, 4) is 0 Å². The third kappa shape index (κ3) is 2.36. The van der Waals surface area contributed by atoms with Crippen molar-refractivity contribution >= 4 is 33.4 Å². The first-order valence-corrected chi connectivity index (χ1v) is 6.60. The molecule has 1 aliphatic rings. The topological polar surface area (TPSA) is 79.5 Å². The molecular formula is C9H12BrN3O2S. The molecule has 0 saturated carbocycles. The molecule has 1 aliphatic heterocycles.